The number of fused-ring (bicyclic) bond motifs is 2. The first-order chi connectivity index (χ1) is 15.7. The minimum absolute atomic E-state index is 0.654. The maximum Gasteiger partial charge on any atom is 0.179 e. The van der Waals surface area contributed by atoms with E-state index in [2.05, 4.69) is 73.1 Å². The largest absolute Gasteiger partial charge is 0.369 e. The summed E-state index contributed by atoms with van der Waals surface area (Å²) in [5.74, 6) is 0.758. The van der Waals surface area contributed by atoms with Gasteiger partial charge in [0.25, 0.3) is 0 Å². The number of aromatic nitrogens is 1. The zero-order valence-corrected chi connectivity index (χ0v) is 18.1. The van der Waals surface area contributed by atoms with Gasteiger partial charge in [0, 0.05) is 69.6 Å². The normalized spacial score (nSPS) is 16.8. The summed E-state index contributed by atoms with van der Waals surface area (Å²) in [6, 6.07) is 18.6. The molecule has 0 bridgehead atoms. The molecule has 2 aliphatic rings. The first kappa shape index (κ1) is 20.0. The van der Waals surface area contributed by atoms with Crippen molar-refractivity contribution in [2.45, 2.75) is 6.54 Å². The van der Waals surface area contributed by atoms with Gasteiger partial charge in [-0.3, -0.25) is 0 Å². The van der Waals surface area contributed by atoms with Crippen LogP contribution in [0.15, 0.2) is 64.9 Å². The van der Waals surface area contributed by atoms with Crippen LogP contribution in [0, 0.1) is 11.3 Å². The number of anilines is 2. The Hall–Kier alpha value is -3.89. The van der Waals surface area contributed by atoms with Crippen LogP contribution in [0.5, 0.6) is 0 Å². The van der Waals surface area contributed by atoms with Crippen LogP contribution in [0.4, 0.5) is 11.4 Å². The van der Waals surface area contributed by atoms with Crippen molar-refractivity contribution in [1.82, 2.24) is 9.88 Å². The molecule has 7 heteroatoms. The zero-order chi connectivity index (χ0) is 22.1. The molecule has 1 N–H and O–H groups in total. The molecule has 1 aromatic heterocycles. The molecule has 0 radical (unpaired) electrons. The molecule has 0 aliphatic carbocycles. The summed E-state index contributed by atoms with van der Waals surface area (Å²) in [5.41, 5.74) is 7.39. The molecule has 3 aromatic rings. The second-order valence-electron chi connectivity index (χ2n) is 8.11. The average molecular weight is 424 g/mol. The van der Waals surface area contributed by atoms with Crippen molar-refractivity contribution >= 4 is 23.9 Å². The van der Waals surface area contributed by atoms with E-state index >= 15 is 0 Å². The van der Waals surface area contributed by atoms with E-state index in [9.17, 15) is 0 Å². The Morgan fingerprint density at radius 2 is 1.81 bits per heavy atom. The number of nitrogens with zero attached hydrogens (tertiary/aromatic N) is 6. The van der Waals surface area contributed by atoms with Gasteiger partial charge in [0.05, 0.1) is 17.3 Å². The number of nitrogens with one attached hydrogen (secondary N) is 1. The van der Waals surface area contributed by atoms with Crippen molar-refractivity contribution < 1.29 is 0 Å². The van der Waals surface area contributed by atoms with Crippen LogP contribution in [0.1, 0.15) is 16.8 Å². The van der Waals surface area contributed by atoms with Crippen LogP contribution in [0.2, 0.25) is 0 Å². The van der Waals surface area contributed by atoms with Gasteiger partial charge in [-0.25, -0.2) is 0 Å². The lowest BCUT2D eigenvalue weighted by molar-refractivity contribution is 0.589. The summed E-state index contributed by atoms with van der Waals surface area (Å²) in [6.45, 7) is 8.37. The fourth-order valence-corrected chi connectivity index (χ4v) is 4.52. The van der Waals surface area contributed by atoms with Crippen molar-refractivity contribution in [2.24, 2.45) is 10.2 Å². The van der Waals surface area contributed by atoms with Gasteiger partial charge in [0.15, 0.2) is 5.84 Å². The lowest BCUT2D eigenvalue weighted by Gasteiger charge is -2.30. The van der Waals surface area contributed by atoms with E-state index in [1.54, 1.807) is 0 Å². The maximum atomic E-state index is 9.10. The van der Waals surface area contributed by atoms with Crippen molar-refractivity contribution in [1.29, 1.82) is 5.26 Å². The van der Waals surface area contributed by atoms with Crippen molar-refractivity contribution in [2.75, 3.05) is 43.0 Å². The van der Waals surface area contributed by atoms with E-state index < -0.39 is 0 Å². The van der Waals surface area contributed by atoms with Gasteiger partial charge in [-0.1, -0.05) is 12.1 Å². The molecule has 0 unspecified atom stereocenters. The molecule has 0 atom stereocenters. The predicted octanol–water partition coefficient (Wildman–Crippen LogP) is 3.30. The molecule has 2 aromatic carbocycles. The standard InChI is InChI=1S/C25H25N7/c1-27-29-25-24-14-20(19-5-3-18(15-26)4-6-19)16-32(24)17-21-13-22(7-8-23(21)30(25)2)31-11-9-28-10-12-31/h3-8,13-14,16,28H,1,9-12,17H2,2H3/b29-25-. The van der Waals surface area contributed by atoms with E-state index in [0.717, 1.165) is 61.1 Å². The van der Waals surface area contributed by atoms with E-state index in [-0.39, 0.29) is 0 Å². The number of hydrogen-bond acceptors (Lipinski definition) is 5. The molecular formula is C25H25N7. The Morgan fingerprint density at radius 1 is 1.03 bits per heavy atom. The van der Waals surface area contributed by atoms with Gasteiger partial charge < -0.3 is 19.7 Å². The van der Waals surface area contributed by atoms with Gasteiger partial charge in [-0.15, -0.1) is 5.10 Å². The molecule has 3 heterocycles. The molecule has 0 saturated carbocycles. The second-order valence-corrected chi connectivity index (χ2v) is 8.11. The fraction of sp³-hybridized carbons (Fsp3) is 0.240. The fourth-order valence-electron chi connectivity index (χ4n) is 4.52. The van der Waals surface area contributed by atoms with Crippen LogP contribution < -0.4 is 15.1 Å². The number of piperazine rings is 1. The quantitative estimate of drug-likeness (QED) is 0.518. The topological polar surface area (TPSA) is 71.9 Å². The van der Waals surface area contributed by atoms with Gasteiger partial charge in [0.2, 0.25) is 0 Å². The monoisotopic (exact) mass is 423 g/mol. The van der Waals surface area contributed by atoms with Crippen LogP contribution in [0.3, 0.4) is 0 Å². The van der Waals surface area contributed by atoms with Crippen LogP contribution in [-0.2, 0) is 6.54 Å². The maximum absolute atomic E-state index is 9.10. The summed E-state index contributed by atoms with van der Waals surface area (Å²) in [5, 5.41) is 20.8. The van der Waals surface area contributed by atoms with Gasteiger partial charge in [0.1, 0.15) is 0 Å². The Balaban J connectivity index is 1.58. The molecule has 32 heavy (non-hydrogen) atoms. The van der Waals surface area contributed by atoms with E-state index in [0.29, 0.717) is 5.56 Å². The molecule has 1 fully saturated rings. The third-order valence-corrected chi connectivity index (χ3v) is 6.20. The highest BCUT2D eigenvalue weighted by atomic mass is 15.3. The summed E-state index contributed by atoms with van der Waals surface area (Å²) in [4.78, 5) is 4.52. The SMILES string of the molecule is C=N/N=C1/c2cc(-c3ccc(C#N)cc3)cn2Cc2cc(N3CCNCC3)ccc2N1C. The highest BCUT2D eigenvalue weighted by Gasteiger charge is 2.25. The Kier molecular flexibility index (Phi) is 5.21. The molecule has 7 nitrogen and oxygen atoms in total. The lowest BCUT2D eigenvalue weighted by Crippen LogP contribution is -2.43. The number of amidine groups is 1. The molecule has 2 aliphatic heterocycles. The molecular weight excluding hydrogens is 398 g/mol. The number of nitriles is 1. The summed E-state index contributed by atoms with van der Waals surface area (Å²) < 4.78 is 2.22. The highest BCUT2D eigenvalue weighted by molar-refractivity contribution is 6.10. The number of benzene rings is 2. The minimum atomic E-state index is 0.654. The summed E-state index contributed by atoms with van der Waals surface area (Å²) in [7, 11) is 2.03. The molecule has 160 valence electrons. The second kappa shape index (κ2) is 8.33. The Morgan fingerprint density at radius 3 is 2.53 bits per heavy atom. The van der Waals surface area contributed by atoms with Gasteiger partial charge in [-0.05, 0) is 47.5 Å². The number of hydrogen-bond donors (Lipinski definition) is 1. The summed E-state index contributed by atoms with van der Waals surface area (Å²) >= 11 is 0. The third kappa shape index (κ3) is 3.55. The van der Waals surface area contributed by atoms with Crippen molar-refractivity contribution in [3.05, 3.63) is 71.5 Å². The zero-order valence-electron chi connectivity index (χ0n) is 18.1. The van der Waals surface area contributed by atoms with E-state index in [1.165, 1.54) is 11.3 Å². The molecule has 0 amide bonds. The Labute approximate surface area is 187 Å². The number of rotatable bonds is 3. The van der Waals surface area contributed by atoms with Crippen LogP contribution >= 0.6 is 0 Å². The van der Waals surface area contributed by atoms with Gasteiger partial charge in [-0.2, -0.15) is 10.4 Å². The predicted molar refractivity (Wildman–Crippen MR) is 130 cm³/mol. The van der Waals surface area contributed by atoms with Crippen molar-refractivity contribution in [3.8, 4) is 17.2 Å². The lowest BCUT2D eigenvalue weighted by atomic mass is 10.1. The van der Waals surface area contributed by atoms with Gasteiger partial charge >= 0.3 is 0 Å². The first-order valence-corrected chi connectivity index (χ1v) is 10.7. The van der Waals surface area contributed by atoms with Crippen molar-refractivity contribution in [3.63, 3.8) is 0 Å². The summed E-state index contributed by atoms with van der Waals surface area (Å²) in [6.07, 6.45) is 2.15. The smallest absolute Gasteiger partial charge is 0.179 e. The third-order valence-electron chi connectivity index (χ3n) is 6.20. The van der Waals surface area contributed by atoms with Crippen LogP contribution in [0.25, 0.3) is 11.1 Å². The van der Waals surface area contributed by atoms with Crippen LogP contribution in [-0.4, -0.2) is 50.3 Å². The van der Waals surface area contributed by atoms with E-state index in [4.69, 9.17) is 5.26 Å². The minimum Gasteiger partial charge on any atom is -0.369 e. The van der Waals surface area contributed by atoms with E-state index in [1.807, 2.05) is 31.3 Å². The first-order valence-electron chi connectivity index (χ1n) is 10.7. The Bertz CT molecular complexity index is 1220. The molecule has 5 rings (SSSR count). The highest BCUT2D eigenvalue weighted by Crippen LogP contribution is 2.33. The molecule has 0 spiro atoms. The average Bonchev–Trinajstić information content (AvgIpc) is 3.22. The molecule has 1 saturated heterocycles.